The number of carbonyl (C=O) groups excluding carboxylic acids is 2. The summed E-state index contributed by atoms with van der Waals surface area (Å²) in [5.41, 5.74) is 7.82. The van der Waals surface area contributed by atoms with Crippen LogP contribution in [0.4, 0.5) is 0 Å². The molecule has 0 radical (unpaired) electrons. The van der Waals surface area contributed by atoms with E-state index in [4.69, 9.17) is 0 Å². The number of aromatic nitrogens is 2. The lowest BCUT2D eigenvalue weighted by Crippen LogP contribution is -2.43. The molecule has 0 bridgehead atoms. The van der Waals surface area contributed by atoms with Crippen molar-refractivity contribution in [1.82, 2.24) is 20.4 Å². The van der Waals surface area contributed by atoms with Gasteiger partial charge in [-0.2, -0.15) is 0 Å². The van der Waals surface area contributed by atoms with Crippen LogP contribution in [0.15, 0.2) is 66.7 Å². The van der Waals surface area contributed by atoms with Crippen LogP contribution in [-0.4, -0.2) is 21.4 Å². The van der Waals surface area contributed by atoms with Crippen LogP contribution >= 0.6 is 0 Å². The molecule has 0 saturated carbocycles. The minimum absolute atomic E-state index is 0.116. The van der Waals surface area contributed by atoms with Gasteiger partial charge >= 0.3 is 0 Å². The first-order valence-corrected chi connectivity index (χ1v) is 8.62. The average molecular weight is 358 g/mol. The van der Waals surface area contributed by atoms with E-state index < -0.39 is 5.91 Å². The maximum atomic E-state index is 12.3. The summed E-state index contributed by atoms with van der Waals surface area (Å²) in [7, 11) is 0. The van der Waals surface area contributed by atoms with Crippen molar-refractivity contribution in [3.8, 4) is 0 Å². The molecular weight excluding hydrogens is 340 g/mol. The van der Waals surface area contributed by atoms with Gasteiger partial charge in [0, 0.05) is 16.6 Å². The Bertz CT molecular complexity index is 1160. The molecule has 0 saturated heterocycles. The van der Waals surface area contributed by atoms with Crippen LogP contribution in [0.2, 0.25) is 0 Å². The molecule has 2 amide bonds. The molecule has 0 aliphatic carbocycles. The average Bonchev–Trinajstić information content (AvgIpc) is 3.01. The van der Waals surface area contributed by atoms with Gasteiger partial charge in [0.1, 0.15) is 12.2 Å². The smallest absolute Gasteiger partial charge is 0.288 e. The molecule has 4 aromatic rings. The minimum Gasteiger partial charge on any atom is -0.335 e. The Balaban J connectivity index is 1.43. The summed E-state index contributed by atoms with van der Waals surface area (Å²) < 4.78 is 1.91. The van der Waals surface area contributed by atoms with Gasteiger partial charge in [-0.3, -0.25) is 20.4 Å². The second-order valence-corrected chi connectivity index (χ2v) is 6.32. The predicted molar refractivity (Wildman–Crippen MR) is 104 cm³/mol. The van der Waals surface area contributed by atoms with E-state index in [-0.39, 0.29) is 18.1 Å². The highest BCUT2D eigenvalue weighted by molar-refractivity contribution is 5.96. The zero-order valence-corrected chi connectivity index (χ0v) is 14.8. The van der Waals surface area contributed by atoms with E-state index in [0.717, 1.165) is 27.5 Å². The highest BCUT2D eigenvalue weighted by Crippen LogP contribution is 2.18. The van der Waals surface area contributed by atoms with E-state index in [2.05, 4.69) is 15.8 Å². The first-order chi connectivity index (χ1) is 13.1. The van der Waals surface area contributed by atoms with Crippen LogP contribution < -0.4 is 10.9 Å². The molecule has 2 aromatic carbocycles. The van der Waals surface area contributed by atoms with E-state index >= 15 is 0 Å². The standard InChI is InChI=1S/C21H18N4O2/c1-14-12-16-7-3-5-9-19(16)25(14)13-20(26)23-24-21(27)18-11-10-15-6-2-4-8-17(15)22-18/h2-12H,13H2,1H3,(H,23,26)(H,24,27). The lowest BCUT2D eigenvalue weighted by atomic mass is 10.2. The molecular formula is C21H18N4O2. The van der Waals surface area contributed by atoms with Gasteiger partial charge < -0.3 is 4.57 Å². The van der Waals surface area contributed by atoms with Crippen LogP contribution in [0.25, 0.3) is 21.8 Å². The molecule has 0 fully saturated rings. The molecule has 6 nitrogen and oxygen atoms in total. The lowest BCUT2D eigenvalue weighted by Gasteiger charge is -2.10. The lowest BCUT2D eigenvalue weighted by molar-refractivity contribution is -0.122. The number of rotatable bonds is 3. The van der Waals surface area contributed by atoms with E-state index in [1.165, 1.54) is 0 Å². The van der Waals surface area contributed by atoms with E-state index in [1.807, 2.05) is 72.2 Å². The Hall–Kier alpha value is -3.67. The quantitative estimate of drug-likeness (QED) is 0.553. The van der Waals surface area contributed by atoms with E-state index in [9.17, 15) is 9.59 Å². The summed E-state index contributed by atoms with van der Waals surface area (Å²) in [5.74, 6) is -0.767. The van der Waals surface area contributed by atoms with Gasteiger partial charge in [0.15, 0.2) is 0 Å². The van der Waals surface area contributed by atoms with Crippen molar-refractivity contribution in [3.63, 3.8) is 0 Å². The topological polar surface area (TPSA) is 76.0 Å². The number of hydrogen-bond donors (Lipinski definition) is 2. The fraction of sp³-hybridized carbons (Fsp3) is 0.0952. The van der Waals surface area contributed by atoms with Gasteiger partial charge in [-0.05, 0) is 36.6 Å². The summed E-state index contributed by atoms with van der Waals surface area (Å²) >= 11 is 0. The van der Waals surface area contributed by atoms with Crippen LogP contribution in [0, 0.1) is 6.92 Å². The molecule has 0 aliphatic heterocycles. The van der Waals surface area contributed by atoms with Crippen molar-refractivity contribution < 1.29 is 9.59 Å². The number of carbonyl (C=O) groups is 2. The predicted octanol–water partition coefficient (Wildman–Crippen LogP) is 2.96. The number of hydrazine groups is 1. The third kappa shape index (κ3) is 3.37. The third-order valence-corrected chi connectivity index (χ3v) is 4.47. The van der Waals surface area contributed by atoms with Gasteiger partial charge in [-0.15, -0.1) is 0 Å². The number of aryl methyl sites for hydroxylation is 1. The summed E-state index contributed by atoms with van der Waals surface area (Å²) in [6.07, 6.45) is 0. The second kappa shape index (κ2) is 6.92. The van der Waals surface area contributed by atoms with Crippen LogP contribution in [0.5, 0.6) is 0 Å². The Labute approximate surface area is 155 Å². The molecule has 0 aliphatic rings. The first-order valence-electron chi connectivity index (χ1n) is 8.62. The monoisotopic (exact) mass is 358 g/mol. The highest BCUT2D eigenvalue weighted by atomic mass is 16.2. The Morgan fingerprint density at radius 1 is 0.926 bits per heavy atom. The van der Waals surface area contributed by atoms with E-state index in [0.29, 0.717) is 0 Å². The van der Waals surface area contributed by atoms with Crippen molar-refractivity contribution in [2.45, 2.75) is 13.5 Å². The number of nitrogens with zero attached hydrogens (tertiary/aromatic N) is 2. The fourth-order valence-electron chi connectivity index (χ4n) is 3.12. The van der Waals surface area contributed by atoms with Gasteiger partial charge in [-0.25, -0.2) is 4.98 Å². The van der Waals surface area contributed by atoms with Gasteiger partial charge in [0.05, 0.1) is 5.52 Å². The first kappa shape index (κ1) is 16.8. The van der Waals surface area contributed by atoms with Crippen LogP contribution in [0.1, 0.15) is 16.2 Å². The fourth-order valence-corrected chi connectivity index (χ4v) is 3.12. The van der Waals surface area contributed by atoms with Gasteiger partial charge in [0.2, 0.25) is 0 Å². The third-order valence-electron chi connectivity index (χ3n) is 4.47. The maximum Gasteiger partial charge on any atom is 0.288 e. The number of para-hydroxylation sites is 2. The summed E-state index contributed by atoms with van der Waals surface area (Å²) in [4.78, 5) is 28.9. The molecule has 27 heavy (non-hydrogen) atoms. The number of pyridine rings is 1. The number of nitrogens with one attached hydrogen (secondary N) is 2. The van der Waals surface area contributed by atoms with Crippen LogP contribution in [-0.2, 0) is 11.3 Å². The highest BCUT2D eigenvalue weighted by Gasteiger charge is 2.12. The maximum absolute atomic E-state index is 12.3. The molecule has 0 atom stereocenters. The van der Waals surface area contributed by atoms with Crippen molar-refractivity contribution in [2.24, 2.45) is 0 Å². The van der Waals surface area contributed by atoms with Crippen LogP contribution in [0.3, 0.4) is 0 Å². The number of fused-ring (bicyclic) bond motifs is 2. The normalized spacial score (nSPS) is 10.9. The van der Waals surface area contributed by atoms with Gasteiger partial charge in [0.25, 0.3) is 11.8 Å². The van der Waals surface area contributed by atoms with Gasteiger partial charge in [-0.1, -0.05) is 42.5 Å². The van der Waals surface area contributed by atoms with E-state index in [1.54, 1.807) is 6.07 Å². The molecule has 6 heteroatoms. The SMILES string of the molecule is Cc1cc2ccccc2n1CC(=O)NNC(=O)c1ccc2ccccc2n1. The zero-order chi connectivity index (χ0) is 18.8. The number of amides is 2. The summed E-state index contributed by atoms with van der Waals surface area (Å²) in [5, 5.41) is 2.03. The molecule has 2 aromatic heterocycles. The number of benzene rings is 2. The van der Waals surface area contributed by atoms with Crippen molar-refractivity contribution >= 4 is 33.6 Å². The summed E-state index contributed by atoms with van der Waals surface area (Å²) in [6, 6.07) is 20.9. The molecule has 2 N–H and O–H groups in total. The molecule has 0 unspecified atom stereocenters. The van der Waals surface area contributed by atoms with Crippen molar-refractivity contribution in [2.75, 3.05) is 0 Å². The van der Waals surface area contributed by atoms with Crippen molar-refractivity contribution in [3.05, 3.63) is 78.1 Å². The molecule has 134 valence electrons. The Kier molecular flexibility index (Phi) is 4.30. The Morgan fingerprint density at radius 3 is 2.52 bits per heavy atom. The molecule has 0 spiro atoms. The zero-order valence-electron chi connectivity index (χ0n) is 14.8. The minimum atomic E-state index is -0.455. The number of hydrogen-bond acceptors (Lipinski definition) is 3. The molecule has 2 heterocycles. The second-order valence-electron chi connectivity index (χ2n) is 6.32. The van der Waals surface area contributed by atoms with Crippen molar-refractivity contribution in [1.29, 1.82) is 0 Å². The summed E-state index contributed by atoms with van der Waals surface area (Å²) in [6.45, 7) is 2.07. The largest absolute Gasteiger partial charge is 0.335 e. The molecule has 4 rings (SSSR count). The Morgan fingerprint density at radius 2 is 1.67 bits per heavy atom.